The van der Waals surface area contributed by atoms with Gasteiger partial charge >= 0.3 is 0 Å². The van der Waals surface area contributed by atoms with Crippen LogP contribution in [-0.4, -0.2) is 37.7 Å². The molecule has 22 heavy (non-hydrogen) atoms. The molecule has 1 heterocycles. The van der Waals surface area contributed by atoms with E-state index in [1.165, 1.54) is 6.92 Å². The zero-order valence-corrected chi connectivity index (χ0v) is 13.0. The van der Waals surface area contributed by atoms with E-state index in [0.717, 1.165) is 12.1 Å². The molecule has 0 aliphatic rings. The third-order valence-electron chi connectivity index (χ3n) is 2.76. The maximum Gasteiger partial charge on any atom is 0.246 e. The van der Waals surface area contributed by atoms with Crippen molar-refractivity contribution in [2.45, 2.75) is 18.4 Å². The highest BCUT2D eigenvalue weighted by Gasteiger charge is 2.24. The van der Waals surface area contributed by atoms with Crippen LogP contribution in [0.2, 0.25) is 0 Å². The van der Waals surface area contributed by atoms with E-state index in [4.69, 9.17) is 0 Å². The number of anilines is 1. The van der Waals surface area contributed by atoms with E-state index in [9.17, 15) is 17.2 Å². The summed E-state index contributed by atoms with van der Waals surface area (Å²) in [5.74, 6) is -1.70. The van der Waals surface area contributed by atoms with Gasteiger partial charge in [-0.25, -0.2) is 21.9 Å². The molecule has 2 aromatic rings. The molecule has 0 radical (unpaired) electrons. The fourth-order valence-electron chi connectivity index (χ4n) is 1.74. The number of rotatable bonds is 5. The van der Waals surface area contributed by atoms with E-state index in [2.05, 4.69) is 19.9 Å². The molecule has 0 unspecified atom stereocenters. The summed E-state index contributed by atoms with van der Waals surface area (Å²) in [4.78, 5) is 4.62. The minimum atomic E-state index is -4.35. The van der Waals surface area contributed by atoms with Crippen LogP contribution in [0.4, 0.5) is 14.7 Å². The zero-order valence-electron chi connectivity index (χ0n) is 12.2. The predicted molar refractivity (Wildman–Crippen MR) is 75.8 cm³/mol. The smallest absolute Gasteiger partial charge is 0.246 e. The second kappa shape index (κ2) is 5.97. The van der Waals surface area contributed by atoms with E-state index < -0.39 is 26.6 Å². The third kappa shape index (κ3) is 3.39. The average Bonchev–Trinajstić information content (AvgIpc) is 2.83. The van der Waals surface area contributed by atoms with E-state index in [0.29, 0.717) is 11.5 Å². The molecule has 7 nitrogen and oxygen atoms in total. The third-order valence-corrected chi connectivity index (χ3v) is 4.21. The molecule has 0 fully saturated rings. The number of nitrogens with one attached hydrogen (secondary N) is 2. The van der Waals surface area contributed by atoms with Crippen LogP contribution in [0.15, 0.2) is 17.0 Å². The minimum Gasteiger partial charge on any atom is -0.346 e. The number of aromatic amines is 1. The molecule has 0 bridgehead atoms. The largest absolute Gasteiger partial charge is 0.346 e. The number of hydrogen-bond donors (Lipinski definition) is 2. The Morgan fingerprint density at radius 3 is 2.36 bits per heavy atom. The van der Waals surface area contributed by atoms with Gasteiger partial charge < -0.3 is 4.90 Å². The van der Waals surface area contributed by atoms with Gasteiger partial charge in [-0.05, 0) is 24.6 Å². The van der Waals surface area contributed by atoms with Crippen molar-refractivity contribution in [1.29, 1.82) is 0 Å². The topological polar surface area (TPSA) is 91.0 Å². The van der Waals surface area contributed by atoms with E-state index >= 15 is 0 Å². The number of halogens is 2. The molecule has 1 aromatic carbocycles. The first-order valence-corrected chi connectivity index (χ1v) is 7.73. The maximum absolute atomic E-state index is 13.7. The van der Waals surface area contributed by atoms with Gasteiger partial charge in [0.05, 0.1) is 6.54 Å². The van der Waals surface area contributed by atoms with Crippen LogP contribution in [-0.2, 0) is 16.6 Å². The van der Waals surface area contributed by atoms with Crippen molar-refractivity contribution in [2.75, 3.05) is 19.0 Å². The molecule has 0 amide bonds. The lowest BCUT2D eigenvalue weighted by Gasteiger charge is -2.08. The SMILES string of the molecule is Cc1cc(F)c(S(=O)(=O)NCc2nc(N(C)C)n[nH]2)c(F)c1. The number of aromatic nitrogens is 3. The van der Waals surface area contributed by atoms with Gasteiger partial charge in [-0.3, -0.25) is 5.10 Å². The van der Waals surface area contributed by atoms with Crippen molar-refractivity contribution in [3.8, 4) is 0 Å². The summed E-state index contributed by atoms with van der Waals surface area (Å²) >= 11 is 0. The van der Waals surface area contributed by atoms with Gasteiger partial charge in [0.15, 0.2) is 4.90 Å². The summed E-state index contributed by atoms with van der Waals surface area (Å²) < 4.78 is 53.6. The van der Waals surface area contributed by atoms with Gasteiger partial charge in [-0.15, -0.1) is 5.10 Å². The molecule has 1 aromatic heterocycles. The second-order valence-corrected chi connectivity index (χ2v) is 6.56. The van der Waals surface area contributed by atoms with Crippen LogP contribution < -0.4 is 9.62 Å². The molecule has 2 rings (SSSR count). The molecular weight excluding hydrogens is 316 g/mol. The van der Waals surface area contributed by atoms with E-state index in [1.807, 2.05) is 0 Å². The van der Waals surface area contributed by atoms with E-state index in [1.54, 1.807) is 19.0 Å². The lowest BCUT2D eigenvalue weighted by molar-refractivity contribution is 0.512. The second-order valence-electron chi connectivity index (χ2n) is 4.86. The number of nitrogens with zero attached hydrogens (tertiary/aromatic N) is 3. The molecular formula is C12H15F2N5O2S. The number of aryl methyl sites for hydroxylation is 1. The first kappa shape index (κ1) is 16.3. The predicted octanol–water partition coefficient (Wildman–Crippen LogP) is 0.936. The fraction of sp³-hybridized carbons (Fsp3) is 0.333. The minimum absolute atomic E-state index is 0.222. The summed E-state index contributed by atoms with van der Waals surface area (Å²) in [6, 6.07) is 1.91. The summed E-state index contributed by atoms with van der Waals surface area (Å²) in [5.41, 5.74) is 0.291. The molecule has 0 aliphatic heterocycles. The lowest BCUT2D eigenvalue weighted by atomic mass is 10.2. The van der Waals surface area contributed by atoms with Crippen molar-refractivity contribution in [3.63, 3.8) is 0 Å². The summed E-state index contributed by atoms with van der Waals surface area (Å²) in [5, 5.41) is 6.37. The van der Waals surface area contributed by atoms with Crippen molar-refractivity contribution >= 4 is 16.0 Å². The maximum atomic E-state index is 13.7. The van der Waals surface area contributed by atoms with Crippen LogP contribution in [0.25, 0.3) is 0 Å². The fourth-order valence-corrected chi connectivity index (χ4v) is 2.85. The molecule has 120 valence electrons. The van der Waals surface area contributed by atoms with Gasteiger partial charge in [-0.1, -0.05) is 0 Å². The highest BCUT2D eigenvalue weighted by atomic mass is 32.2. The molecule has 0 spiro atoms. The van der Waals surface area contributed by atoms with Crippen LogP contribution in [0.1, 0.15) is 11.4 Å². The molecule has 10 heteroatoms. The van der Waals surface area contributed by atoms with Crippen molar-refractivity contribution in [2.24, 2.45) is 0 Å². The van der Waals surface area contributed by atoms with Gasteiger partial charge in [-0.2, -0.15) is 4.98 Å². The Morgan fingerprint density at radius 1 is 1.27 bits per heavy atom. The molecule has 2 N–H and O–H groups in total. The van der Waals surface area contributed by atoms with Crippen LogP contribution >= 0.6 is 0 Å². The normalized spacial score (nSPS) is 11.7. The van der Waals surface area contributed by atoms with Crippen molar-refractivity contribution in [1.82, 2.24) is 19.9 Å². The highest BCUT2D eigenvalue weighted by molar-refractivity contribution is 7.89. The van der Waals surface area contributed by atoms with Crippen LogP contribution in [0.3, 0.4) is 0 Å². The van der Waals surface area contributed by atoms with Gasteiger partial charge in [0.2, 0.25) is 16.0 Å². The molecule has 0 saturated heterocycles. The monoisotopic (exact) mass is 331 g/mol. The molecule has 0 atom stereocenters. The standard InChI is InChI=1S/C12H15F2N5O2S/c1-7-4-8(13)11(9(14)5-7)22(20,21)15-6-10-16-12(18-17-10)19(2)3/h4-5,15H,6H2,1-3H3,(H,16,17,18). The van der Waals surface area contributed by atoms with Gasteiger partial charge in [0, 0.05) is 14.1 Å². The number of sulfonamides is 1. The Morgan fingerprint density at radius 2 is 1.86 bits per heavy atom. The lowest BCUT2D eigenvalue weighted by Crippen LogP contribution is -2.26. The number of H-pyrrole nitrogens is 1. The molecule has 0 aliphatic carbocycles. The Labute approximate surface area is 126 Å². The van der Waals surface area contributed by atoms with E-state index in [-0.39, 0.29) is 12.4 Å². The van der Waals surface area contributed by atoms with Gasteiger partial charge in [0.1, 0.15) is 17.5 Å². The Bertz CT molecular complexity index is 766. The van der Waals surface area contributed by atoms with Crippen molar-refractivity contribution in [3.05, 3.63) is 35.2 Å². The summed E-state index contributed by atoms with van der Waals surface area (Å²) in [7, 11) is -0.916. The van der Waals surface area contributed by atoms with Gasteiger partial charge in [0.25, 0.3) is 0 Å². The Kier molecular flexibility index (Phi) is 4.42. The quantitative estimate of drug-likeness (QED) is 0.851. The summed E-state index contributed by atoms with van der Waals surface area (Å²) in [6.45, 7) is 1.20. The van der Waals surface area contributed by atoms with Crippen LogP contribution in [0, 0.1) is 18.6 Å². The molecule has 0 saturated carbocycles. The Balaban J connectivity index is 2.21. The van der Waals surface area contributed by atoms with Crippen molar-refractivity contribution < 1.29 is 17.2 Å². The number of benzene rings is 1. The highest BCUT2D eigenvalue weighted by Crippen LogP contribution is 2.20. The Hall–Kier alpha value is -2.07. The average molecular weight is 331 g/mol. The van der Waals surface area contributed by atoms with Crippen LogP contribution in [0.5, 0.6) is 0 Å². The first-order valence-electron chi connectivity index (χ1n) is 6.24. The summed E-state index contributed by atoms with van der Waals surface area (Å²) in [6.07, 6.45) is 0. The first-order chi connectivity index (χ1) is 10.2. The number of hydrogen-bond acceptors (Lipinski definition) is 5. The zero-order chi connectivity index (χ0) is 16.5.